The van der Waals surface area contributed by atoms with Crippen molar-refractivity contribution < 1.29 is 22.9 Å². The summed E-state index contributed by atoms with van der Waals surface area (Å²) >= 11 is 0. The maximum Gasteiger partial charge on any atom is 0.296 e. The van der Waals surface area contributed by atoms with Crippen LogP contribution in [0.1, 0.15) is 29.6 Å². The largest absolute Gasteiger partial charge is 0.496 e. The number of carbonyl (C=O) groups excluding carboxylic acids is 1. The third kappa shape index (κ3) is 4.54. The topological polar surface area (TPSA) is 119 Å². The quantitative estimate of drug-likeness (QED) is 0.568. The van der Waals surface area contributed by atoms with E-state index in [-0.39, 0.29) is 27.6 Å². The third-order valence-electron chi connectivity index (χ3n) is 4.70. The molecule has 1 saturated heterocycles. The zero-order valence-corrected chi connectivity index (χ0v) is 16.6. The highest BCUT2D eigenvalue weighted by Gasteiger charge is 2.27. The highest BCUT2D eigenvalue weighted by molar-refractivity contribution is 7.89. The SMILES string of the molecule is COc1ccc(NC(=O)c2cccc(S(=O)(=O)N3CCCCC3)c2)c([N+](=O)[O-])c1. The van der Waals surface area contributed by atoms with E-state index in [4.69, 9.17) is 4.74 Å². The minimum absolute atomic E-state index is 0.00918. The van der Waals surface area contributed by atoms with Crippen molar-refractivity contribution in [3.8, 4) is 5.75 Å². The number of nitrogens with zero attached hydrogens (tertiary/aromatic N) is 2. The molecule has 0 aromatic heterocycles. The molecular weight excluding hydrogens is 398 g/mol. The van der Waals surface area contributed by atoms with Gasteiger partial charge in [-0.25, -0.2) is 8.42 Å². The molecule has 1 aliphatic rings. The predicted octanol–water partition coefficient (Wildman–Crippen LogP) is 3.03. The van der Waals surface area contributed by atoms with Crippen molar-refractivity contribution in [1.29, 1.82) is 0 Å². The Morgan fingerprint density at radius 2 is 1.86 bits per heavy atom. The van der Waals surface area contributed by atoms with Crippen LogP contribution in [0.15, 0.2) is 47.4 Å². The molecule has 0 spiro atoms. The fourth-order valence-electron chi connectivity index (χ4n) is 3.14. The average Bonchev–Trinajstić information content (AvgIpc) is 2.74. The number of ether oxygens (including phenoxy) is 1. The normalized spacial score (nSPS) is 14.9. The zero-order chi connectivity index (χ0) is 21.0. The van der Waals surface area contributed by atoms with Crippen LogP contribution in [0.2, 0.25) is 0 Å². The van der Waals surface area contributed by atoms with Gasteiger partial charge in [0, 0.05) is 18.7 Å². The van der Waals surface area contributed by atoms with E-state index >= 15 is 0 Å². The number of amides is 1. The van der Waals surface area contributed by atoms with Gasteiger partial charge in [0.2, 0.25) is 10.0 Å². The van der Waals surface area contributed by atoms with Crippen LogP contribution in [-0.4, -0.2) is 43.8 Å². The van der Waals surface area contributed by atoms with Gasteiger partial charge in [-0.1, -0.05) is 12.5 Å². The molecule has 1 amide bonds. The number of sulfonamides is 1. The van der Waals surface area contributed by atoms with Crippen LogP contribution in [0.3, 0.4) is 0 Å². The molecule has 0 radical (unpaired) electrons. The molecule has 154 valence electrons. The molecule has 0 saturated carbocycles. The van der Waals surface area contributed by atoms with E-state index in [0.29, 0.717) is 13.1 Å². The van der Waals surface area contributed by atoms with E-state index in [1.54, 1.807) is 0 Å². The molecule has 9 nitrogen and oxygen atoms in total. The van der Waals surface area contributed by atoms with E-state index < -0.39 is 20.9 Å². The lowest BCUT2D eigenvalue weighted by Crippen LogP contribution is -2.35. The van der Waals surface area contributed by atoms with E-state index in [0.717, 1.165) is 19.3 Å². The van der Waals surface area contributed by atoms with Gasteiger partial charge in [-0.15, -0.1) is 0 Å². The smallest absolute Gasteiger partial charge is 0.296 e. The summed E-state index contributed by atoms with van der Waals surface area (Å²) in [6.07, 6.45) is 2.61. The lowest BCUT2D eigenvalue weighted by Gasteiger charge is -2.26. The summed E-state index contributed by atoms with van der Waals surface area (Å²) in [6.45, 7) is 0.910. The van der Waals surface area contributed by atoms with Crippen LogP contribution in [0.25, 0.3) is 0 Å². The molecule has 0 bridgehead atoms. The van der Waals surface area contributed by atoms with Gasteiger partial charge in [-0.3, -0.25) is 14.9 Å². The maximum absolute atomic E-state index is 12.8. The van der Waals surface area contributed by atoms with Crippen molar-refractivity contribution in [3.05, 3.63) is 58.1 Å². The zero-order valence-electron chi connectivity index (χ0n) is 15.8. The van der Waals surface area contributed by atoms with Crippen LogP contribution in [-0.2, 0) is 10.0 Å². The molecule has 0 atom stereocenters. The number of anilines is 1. The molecule has 3 rings (SSSR count). The van der Waals surface area contributed by atoms with Crippen LogP contribution >= 0.6 is 0 Å². The highest BCUT2D eigenvalue weighted by Crippen LogP contribution is 2.29. The molecule has 1 aliphatic heterocycles. The monoisotopic (exact) mass is 419 g/mol. The van der Waals surface area contributed by atoms with E-state index in [1.807, 2.05) is 0 Å². The van der Waals surface area contributed by atoms with Crippen LogP contribution < -0.4 is 10.1 Å². The summed E-state index contributed by atoms with van der Waals surface area (Å²) in [6, 6.07) is 9.72. The molecule has 0 unspecified atom stereocenters. The van der Waals surface area contributed by atoms with Crippen molar-refractivity contribution >= 4 is 27.3 Å². The van der Waals surface area contributed by atoms with Crippen LogP contribution in [0.5, 0.6) is 5.75 Å². The standard InChI is InChI=1S/C19H21N3O6S/c1-28-15-8-9-17(18(13-15)22(24)25)20-19(23)14-6-5-7-16(12-14)29(26,27)21-10-3-2-4-11-21/h5-9,12-13H,2-4,10-11H2,1H3,(H,20,23). The number of carbonyl (C=O) groups is 1. The minimum atomic E-state index is -3.69. The maximum atomic E-state index is 12.8. The number of methoxy groups -OCH3 is 1. The number of piperidine rings is 1. The number of hydrogen-bond donors (Lipinski definition) is 1. The summed E-state index contributed by atoms with van der Waals surface area (Å²) in [5.41, 5.74) is -0.243. The second-order valence-electron chi connectivity index (χ2n) is 6.59. The number of nitro groups is 1. The summed E-state index contributed by atoms with van der Waals surface area (Å²) in [5, 5.41) is 13.8. The molecule has 0 aliphatic carbocycles. The molecule has 1 fully saturated rings. The third-order valence-corrected chi connectivity index (χ3v) is 6.59. The van der Waals surface area contributed by atoms with Gasteiger partial charge in [-0.2, -0.15) is 4.31 Å². The second-order valence-corrected chi connectivity index (χ2v) is 8.52. The van der Waals surface area contributed by atoms with Gasteiger partial charge in [0.1, 0.15) is 11.4 Å². The van der Waals surface area contributed by atoms with Gasteiger partial charge < -0.3 is 10.1 Å². The van der Waals surface area contributed by atoms with Gasteiger partial charge in [0.05, 0.1) is 23.0 Å². The summed E-state index contributed by atoms with van der Waals surface area (Å²) < 4.78 is 32.0. The molecule has 10 heteroatoms. The first-order chi connectivity index (χ1) is 13.8. The Labute approximate surface area is 168 Å². The fraction of sp³-hybridized carbons (Fsp3) is 0.316. The predicted molar refractivity (Wildman–Crippen MR) is 107 cm³/mol. The van der Waals surface area contributed by atoms with Crippen molar-refractivity contribution in [2.75, 3.05) is 25.5 Å². The average molecular weight is 419 g/mol. The Morgan fingerprint density at radius 3 is 2.52 bits per heavy atom. The van der Waals surface area contributed by atoms with Crippen molar-refractivity contribution in [2.24, 2.45) is 0 Å². The molecule has 2 aromatic rings. The van der Waals surface area contributed by atoms with Crippen molar-refractivity contribution in [1.82, 2.24) is 4.31 Å². The van der Waals surface area contributed by atoms with Gasteiger partial charge >= 0.3 is 0 Å². The van der Waals surface area contributed by atoms with Gasteiger partial charge in [0.25, 0.3) is 11.6 Å². The van der Waals surface area contributed by atoms with E-state index in [1.165, 1.54) is 53.9 Å². The number of hydrogen-bond acceptors (Lipinski definition) is 6. The van der Waals surface area contributed by atoms with Crippen LogP contribution in [0, 0.1) is 10.1 Å². The summed E-state index contributed by atoms with van der Waals surface area (Å²) in [7, 11) is -2.31. The molecule has 1 heterocycles. The number of rotatable bonds is 6. The van der Waals surface area contributed by atoms with Crippen molar-refractivity contribution in [2.45, 2.75) is 24.2 Å². The van der Waals surface area contributed by atoms with Crippen LogP contribution in [0.4, 0.5) is 11.4 Å². The van der Waals surface area contributed by atoms with Gasteiger partial charge in [-0.05, 0) is 43.2 Å². The summed E-state index contributed by atoms with van der Waals surface area (Å²) in [5.74, 6) is -0.363. The lowest BCUT2D eigenvalue weighted by molar-refractivity contribution is -0.384. The first-order valence-corrected chi connectivity index (χ1v) is 10.5. The lowest BCUT2D eigenvalue weighted by atomic mass is 10.2. The first-order valence-electron chi connectivity index (χ1n) is 9.07. The first kappa shape index (κ1) is 20.7. The Bertz CT molecular complexity index is 1030. The Morgan fingerprint density at radius 1 is 1.14 bits per heavy atom. The van der Waals surface area contributed by atoms with E-state index in [9.17, 15) is 23.3 Å². The Kier molecular flexibility index (Phi) is 6.14. The number of nitrogens with one attached hydrogen (secondary N) is 1. The molecule has 2 aromatic carbocycles. The number of benzene rings is 2. The Balaban J connectivity index is 1.86. The number of nitro benzene ring substituents is 1. The second kappa shape index (κ2) is 8.58. The molecular formula is C19H21N3O6S. The Hall–Kier alpha value is -2.98. The van der Waals surface area contributed by atoms with Gasteiger partial charge in [0.15, 0.2) is 0 Å². The summed E-state index contributed by atoms with van der Waals surface area (Å²) in [4.78, 5) is 23.3. The van der Waals surface area contributed by atoms with Crippen molar-refractivity contribution in [3.63, 3.8) is 0 Å². The molecule has 29 heavy (non-hydrogen) atoms. The van der Waals surface area contributed by atoms with E-state index in [2.05, 4.69) is 5.32 Å². The minimum Gasteiger partial charge on any atom is -0.496 e. The fourth-order valence-corrected chi connectivity index (χ4v) is 4.71. The molecule has 1 N–H and O–H groups in total. The highest BCUT2D eigenvalue weighted by atomic mass is 32.2.